The molecular weight excluding hydrogens is 745 g/mol. The summed E-state index contributed by atoms with van der Waals surface area (Å²) in [4.78, 5) is 0. The fourth-order valence-corrected chi connectivity index (χ4v) is 9.82. The topological polar surface area (TPSA) is 0 Å². The lowest BCUT2D eigenvalue weighted by atomic mass is 9.63. The summed E-state index contributed by atoms with van der Waals surface area (Å²) in [5.41, 5.74) is 19.2. The highest BCUT2D eigenvalue weighted by Gasteiger charge is 2.48. The minimum absolute atomic E-state index is 0.151. The maximum atomic E-state index is 4.37. The number of hydrogen-bond acceptors (Lipinski definition) is 0. The Balaban J connectivity index is 0.000000205. The van der Waals surface area contributed by atoms with Gasteiger partial charge in [0, 0.05) is 0 Å². The lowest BCUT2D eigenvalue weighted by Crippen LogP contribution is -2.32. The van der Waals surface area contributed by atoms with Crippen molar-refractivity contribution >= 4 is 6.08 Å². The van der Waals surface area contributed by atoms with Crippen LogP contribution in [0, 0.1) is 11.8 Å². The molecule has 1 fully saturated rings. The molecule has 0 aromatic heterocycles. The Labute approximate surface area is 376 Å². The van der Waals surface area contributed by atoms with E-state index in [1.165, 1.54) is 81.4 Å². The van der Waals surface area contributed by atoms with Gasteiger partial charge < -0.3 is 0 Å². The van der Waals surface area contributed by atoms with Gasteiger partial charge in [0.05, 0.1) is 5.41 Å². The summed E-state index contributed by atoms with van der Waals surface area (Å²) in [5.74, 6) is 1.36. The number of rotatable bonds is 12. The van der Waals surface area contributed by atoms with Gasteiger partial charge in [-0.15, -0.1) is 0 Å². The molecule has 0 heterocycles. The molecule has 1 saturated carbocycles. The Bertz CT molecular complexity index is 2340. The number of benzene rings is 3. The Hall–Kier alpha value is -5.72. The fourth-order valence-electron chi connectivity index (χ4n) is 9.82. The van der Waals surface area contributed by atoms with Crippen LogP contribution in [-0.4, -0.2) is 0 Å². The van der Waals surface area contributed by atoms with E-state index in [0.29, 0.717) is 5.92 Å². The maximum absolute atomic E-state index is 4.37. The van der Waals surface area contributed by atoms with Crippen LogP contribution in [0.5, 0.6) is 0 Å². The van der Waals surface area contributed by atoms with E-state index in [4.69, 9.17) is 0 Å². The van der Waals surface area contributed by atoms with Crippen LogP contribution in [0.25, 0.3) is 17.2 Å². The quantitative estimate of drug-likeness (QED) is 0.160. The Kier molecular flexibility index (Phi) is 16.5. The summed E-state index contributed by atoms with van der Waals surface area (Å²) < 4.78 is 0. The standard InChI is InChI=1S/C34H38.C26H26.C2H6/c1-5-32(30-22-23-30)34(24-31-16-10-9-12-26(31)4)33(25(2)3)17-11-13-27-18-20-29(21-19-27)28-14-7-6-8-15-28;1-3-12-20(13-4-2)26(21-14-6-5-7-15-21)24-18-10-8-16-22(24)23-17-9-11-19-25(23)26;1-2/h6-8,10-11,13-21,24,26,30H,2,5,9,12,22-23H2,1,3-4H3;3-9,12-17H,1,10-11,18-19H2,2H3;1-2H3/b13-11-,31-24-,33-17+,34-32-;13-4-,20-12+;. The van der Waals surface area contributed by atoms with Gasteiger partial charge in [-0.1, -0.05) is 222 Å². The molecule has 3 aromatic rings. The molecule has 1 unspecified atom stereocenters. The monoisotopic (exact) mass is 815 g/mol. The smallest absolute Gasteiger partial charge is 0.0639 e. The van der Waals surface area contributed by atoms with Gasteiger partial charge in [0.25, 0.3) is 0 Å². The molecule has 0 spiro atoms. The molecule has 0 heteroatoms. The molecule has 0 radical (unpaired) electrons. The average molecular weight is 815 g/mol. The third-order valence-electron chi connectivity index (χ3n) is 12.9. The first-order chi connectivity index (χ1) is 30.4. The van der Waals surface area contributed by atoms with E-state index in [9.17, 15) is 0 Å². The maximum Gasteiger partial charge on any atom is 0.0639 e. The number of hydrogen-bond donors (Lipinski definition) is 0. The van der Waals surface area contributed by atoms with Gasteiger partial charge in [0.1, 0.15) is 0 Å². The normalized spacial score (nSPS) is 20.4. The molecule has 5 aliphatic carbocycles. The zero-order valence-corrected chi connectivity index (χ0v) is 38.6. The van der Waals surface area contributed by atoms with E-state index in [2.05, 4.69) is 205 Å². The first kappa shape index (κ1) is 45.8. The van der Waals surface area contributed by atoms with Crippen LogP contribution in [-0.2, 0) is 5.41 Å². The van der Waals surface area contributed by atoms with Crippen LogP contribution in [0.2, 0.25) is 0 Å². The van der Waals surface area contributed by atoms with Gasteiger partial charge in [-0.25, -0.2) is 0 Å². The third-order valence-corrected chi connectivity index (χ3v) is 12.9. The van der Waals surface area contributed by atoms with Crippen LogP contribution in [0.4, 0.5) is 0 Å². The molecule has 3 aromatic carbocycles. The Morgan fingerprint density at radius 3 is 1.89 bits per heavy atom. The van der Waals surface area contributed by atoms with Gasteiger partial charge in [0.2, 0.25) is 0 Å². The van der Waals surface area contributed by atoms with Crippen molar-refractivity contribution in [1.82, 2.24) is 0 Å². The molecule has 62 heavy (non-hydrogen) atoms. The summed E-state index contributed by atoms with van der Waals surface area (Å²) >= 11 is 0. The fraction of sp³-hybridized carbons (Fsp3) is 0.290. The Morgan fingerprint density at radius 2 is 1.34 bits per heavy atom. The van der Waals surface area contributed by atoms with Crippen molar-refractivity contribution in [1.29, 1.82) is 0 Å². The lowest BCUT2D eigenvalue weighted by molar-refractivity contribution is 0.617. The zero-order valence-electron chi connectivity index (χ0n) is 38.6. The number of fused-ring (bicyclic) bond motifs is 1. The molecule has 318 valence electrons. The van der Waals surface area contributed by atoms with Crippen LogP contribution in [0.1, 0.15) is 110 Å². The van der Waals surface area contributed by atoms with E-state index in [1.807, 2.05) is 19.9 Å². The predicted octanol–water partition coefficient (Wildman–Crippen LogP) is 17.8. The minimum Gasteiger partial charge on any atom is -0.0991 e. The van der Waals surface area contributed by atoms with Gasteiger partial charge >= 0.3 is 0 Å². The summed E-state index contributed by atoms with van der Waals surface area (Å²) in [6.07, 6.45) is 42.5. The van der Waals surface area contributed by atoms with Gasteiger partial charge in [-0.3, -0.25) is 0 Å². The van der Waals surface area contributed by atoms with Crippen LogP contribution >= 0.6 is 0 Å². The van der Waals surface area contributed by atoms with E-state index in [0.717, 1.165) is 43.6 Å². The van der Waals surface area contributed by atoms with Crippen LogP contribution in [0.3, 0.4) is 0 Å². The van der Waals surface area contributed by atoms with Gasteiger partial charge in [-0.05, 0) is 150 Å². The molecule has 0 nitrogen and oxygen atoms in total. The van der Waals surface area contributed by atoms with E-state index in [-0.39, 0.29) is 5.41 Å². The van der Waals surface area contributed by atoms with E-state index in [1.54, 1.807) is 16.7 Å². The van der Waals surface area contributed by atoms with Crippen molar-refractivity contribution < 1.29 is 0 Å². The number of allylic oxidation sites excluding steroid dienone is 23. The van der Waals surface area contributed by atoms with Crippen molar-refractivity contribution in [2.24, 2.45) is 11.8 Å². The van der Waals surface area contributed by atoms with Crippen molar-refractivity contribution in [3.05, 3.63) is 244 Å². The predicted molar refractivity (Wildman–Crippen MR) is 273 cm³/mol. The summed E-state index contributed by atoms with van der Waals surface area (Å²) in [5, 5.41) is 0. The summed E-state index contributed by atoms with van der Waals surface area (Å²) in [7, 11) is 0. The van der Waals surface area contributed by atoms with Gasteiger partial charge in [0.15, 0.2) is 0 Å². The van der Waals surface area contributed by atoms with Crippen molar-refractivity contribution in [3.63, 3.8) is 0 Å². The van der Waals surface area contributed by atoms with Crippen molar-refractivity contribution in [2.45, 2.75) is 105 Å². The summed E-state index contributed by atoms with van der Waals surface area (Å²) in [6, 6.07) is 30.4. The second-order valence-electron chi connectivity index (χ2n) is 16.9. The second-order valence-corrected chi connectivity index (χ2v) is 16.9. The first-order valence-electron chi connectivity index (χ1n) is 23.5. The highest BCUT2D eigenvalue weighted by Crippen LogP contribution is 2.59. The van der Waals surface area contributed by atoms with Crippen molar-refractivity contribution in [2.75, 3.05) is 0 Å². The molecule has 0 N–H and O–H groups in total. The van der Waals surface area contributed by atoms with Crippen LogP contribution in [0.15, 0.2) is 233 Å². The minimum atomic E-state index is -0.151. The van der Waals surface area contributed by atoms with E-state index < -0.39 is 0 Å². The molecule has 0 amide bonds. The molecule has 0 saturated heterocycles. The highest BCUT2D eigenvalue weighted by molar-refractivity contribution is 5.75. The van der Waals surface area contributed by atoms with E-state index >= 15 is 0 Å². The van der Waals surface area contributed by atoms with Crippen LogP contribution < -0.4 is 0 Å². The molecular formula is C62H70. The lowest BCUT2D eigenvalue weighted by Gasteiger charge is -2.39. The largest absolute Gasteiger partial charge is 0.0991 e. The SMILES string of the molecule is C=C(C)C(=C\C=C/c1ccc(-c2ccccc2)cc1)/C(/C=C1/C=CCCC1C)=C(/CC)C1CC1.C=C/C=C(\C=C/C)C1(c2ccccc2)C2=C(C=CCC2)C2=C1CCC=C2.CC. The molecule has 0 bridgehead atoms. The molecule has 8 rings (SSSR count). The highest BCUT2D eigenvalue weighted by atomic mass is 14.5. The first-order valence-corrected chi connectivity index (χ1v) is 23.5. The van der Waals surface area contributed by atoms with Crippen molar-refractivity contribution in [3.8, 4) is 11.1 Å². The third kappa shape index (κ3) is 10.3. The molecule has 1 atom stereocenters. The Morgan fingerprint density at radius 1 is 0.742 bits per heavy atom. The average Bonchev–Trinajstić information content (AvgIpc) is 4.12. The second kappa shape index (κ2) is 22.4. The molecule has 5 aliphatic rings. The van der Waals surface area contributed by atoms with Gasteiger partial charge in [-0.2, -0.15) is 0 Å². The summed E-state index contributed by atoms with van der Waals surface area (Å²) in [6.45, 7) is 21.3. The molecule has 0 aliphatic heterocycles. The zero-order chi connectivity index (χ0) is 43.9.